The zero-order valence-electron chi connectivity index (χ0n) is 19.2. The topological polar surface area (TPSA) is 58.6 Å². The van der Waals surface area contributed by atoms with Crippen molar-refractivity contribution in [3.8, 4) is 5.75 Å². The van der Waals surface area contributed by atoms with Crippen LogP contribution in [0.5, 0.6) is 5.75 Å². The second kappa shape index (κ2) is 11.9. The van der Waals surface area contributed by atoms with Crippen LogP contribution in [0.15, 0.2) is 78.9 Å². The van der Waals surface area contributed by atoms with E-state index in [4.69, 9.17) is 4.74 Å². The minimum Gasteiger partial charge on any atom is -0.484 e. The summed E-state index contributed by atoms with van der Waals surface area (Å²) in [6, 6.07) is 19.7. The summed E-state index contributed by atoms with van der Waals surface area (Å²) in [4.78, 5) is 27.9. The molecule has 1 atom stereocenters. The van der Waals surface area contributed by atoms with Crippen LogP contribution in [0.1, 0.15) is 25.0 Å². The monoisotopic (exact) mass is 466 g/mol. The molecule has 0 aromatic heterocycles. The van der Waals surface area contributed by atoms with Crippen LogP contribution in [0.2, 0.25) is 0 Å². The Balaban J connectivity index is 1.91. The number of nitrogens with one attached hydrogen (secondary N) is 1. The molecule has 0 aliphatic heterocycles. The van der Waals surface area contributed by atoms with Gasteiger partial charge in [-0.1, -0.05) is 48.5 Å². The van der Waals surface area contributed by atoms with Gasteiger partial charge in [0.2, 0.25) is 5.91 Å². The molecule has 1 unspecified atom stereocenters. The van der Waals surface area contributed by atoms with E-state index in [0.717, 1.165) is 5.56 Å². The first-order valence-corrected chi connectivity index (χ1v) is 11.1. The molecule has 0 fully saturated rings. The third-order valence-electron chi connectivity index (χ3n) is 5.18. The van der Waals surface area contributed by atoms with Crippen LogP contribution in [0, 0.1) is 11.6 Å². The summed E-state index contributed by atoms with van der Waals surface area (Å²) in [6.07, 6.45) is 0.246. The van der Waals surface area contributed by atoms with Crippen molar-refractivity contribution in [1.82, 2.24) is 10.2 Å². The fourth-order valence-electron chi connectivity index (χ4n) is 3.50. The predicted octanol–water partition coefficient (Wildman–Crippen LogP) is 4.51. The van der Waals surface area contributed by atoms with Crippen molar-refractivity contribution in [3.05, 3.63) is 102 Å². The van der Waals surface area contributed by atoms with Gasteiger partial charge in [-0.2, -0.15) is 0 Å². The van der Waals surface area contributed by atoms with Crippen molar-refractivity contribution in [2.75, 3.05) is 6.61 Å². The minimum atomic E-state index is -0.895. The molecule has 2 amide bonds. The standard InChI is InChI=1S/C27H28F2N2O3/c1-19(2)30-27(33)25(16-20-8-4-3-5-9-20)31(17-21-10-6-7-11-24(21)29)26(32)18-34-23-14-12-22(28)13-15-23/h3-15,19,25H,16-18H2,1-2H3,(H,30,33). The van der Waals surface area contributed by atoms with Crippen molar-refractivity contribution in [2.24, 2.45) is 0 Å². The SMILES string of the molecule is CC(C)NC(=O)C(Cc1ccccc1)N(Cc1ccccc1F)C(=O)COc1ccc(F)cc1. The van der Waals surface area contributed by atoms with Gasteiger partial charge in [0.1, 0.15) is 23.4 Å². The molecule has 3 aromatic carbocycles. The maximum Gasteiger partial charge on any atom is 0.261 e. The predicted molar refractivity (Wildman–Crippen MR) is 126 cm³/mol. The first-order chi connectivity index (χ1) is 16.3. The molecular formula is C27H28F2N2O3. The minimum absolute atomic E-state index is 0.110. The van der Waals surface area contributed by atoms with Crippen molar-refractivity contribution in [3.63, 3.8) is 0 Å². The van der Waals surface area contributed by atoms with Crippen LogP contribution < -0.4 is 10.1 Å². The molecule has 7 heteroatoms. The van der Waals surface area contributed by atoms with E-state index in [2.05, 4.69) is 5.32 Å². The molecule has 1 N–H and O–H groups in total. The number of hydrogen-bond acceptors (Lipinski definition) is 3. The quantitative estimate of drug-likeness (QED) is 0.478. The molecule has 0 aliphatic rings. The van der Waals surface area contributed by atoms with Crippen molar-refractivity contribution in [2.45, 2.75) is 38.9 Å². The van der Waals surface area contributed by atoms with E-state index in [0.29, 0.717) is 5.75 Å². The molecule has 0 saturated heterocycles. The highest BCUT2D eigenvalue weighted by Crippen LogP contribution is 2.18. The summed E-state index contributed by atoms with van der Waals surface area (Å²) in [7, 11) is 0. The molecule has 178 valence electrons. The van der Waals surface area contributed by atoms with Crippen molar-refractivity contribution >= 4 is 11.8 Å². The Bertz CT molecular complexity index is 1090. The number of ether oxygens (including phenoxy) is 1. The lowest BCUT2D eigenvalue weighted by Crippen LogP contribution is -2.53. The summed E-state index contributed by atoms with van der Waals surface area (Å²) < 4.78 is 33.2. The first kappa shape index (κ1) is 24.9. The van der Waals surface area contributed by atoms with Gasteiger partial charge in [-0.3, -0.25) is 9.59 Å². The Morgan fingerprint density at radius 2 is 1.56 bits per heavy atom. The highest BCUT2D eigenvalue weighted by atomic mass is 19.1. The Hall–Kier alpha value is -3.74. The number of hydrogen-bond donors (Lipinski definition) is 1. The third kappa shape index (κ3) is 7.13. The number of carbonyl (C=O) groups is 2. The number of nitrogens with zero attached hydrogens (tertiary/aromatic N) is 1. The van der Waals surface area contributed by atoms with Gasteiger partial charge in [0.05, 0.1) is 0 Å². The van der Waals surface area contributed by atoms with Gasteiger partial charge in [0.15, 0.2) is 6.61 Å². The first-order valence-electron chi connectivity index (χ1n) is 11.1. The molecular weight excluding hydrogens is 438 g/mol. The normalized spacial score (nSPS) is 11.7. The van der Waals surface area contributed by atoms with Crippen LogP contribution in [0.4, 0.5) is 8.78 Å². The average Bonchev–Trinajstić information content (AvgIpc) is 2.82. The Labute approximate surface area is 198 Å². The molecule has 0 aliphatic carbocycles. The van der Waals surface area contributed by atoms with E-state index < -0.39 is 23.6 Å². The van der Waals surface area contributed by atoms with E-state index in [9.17, 15) is 18.4 Å². The van der Waals surface area contributed by atoms with E-state index in [1.54, 1.807) is 18.2 Å². The van der Waals surface area contributed by atoms with Crippen molar-refractivity contribution < 1.29 is 23.1 Å². The summed E-state index contributed by atoms with van der Waals surface area (Å²) in [5.41, 5.74) is 1.14. The van der Waals surface area contributed by atoms with Crippen molar-refractivity contribution in [1.29, 1.82) is 0 Å². The van der Waals surface area contributed by atoms with Gasteiger partial charge in [0.25, 0.3) is 5.91 Å². The fourth-order valence-corrected chi connectivity index (χ4v) is 3.50. The molecule has 5 nitrogen and oxygen atoms in total. The van der Waals surface area contributed by atoms with Gasteiger partial charge in [0, 0.05) is 24.6 Å². The van der Waals surface area contributed by atoms with E-state index in [1.807, 2.05) is 44.2 Å². The Morgan fingerprint density at radius 1 is 0.912 bits per heavy atom. The number of halogens is 2. The molecule has 0 spiro atoms. The average molecular weight is 467 g/mol. The zero-order chi connectivity index (χ0) is 24.5. The van der Waals surface area contributed by atoms with Crippen LogP contribution in [0.25, 0.3) is 0 Å². The molecule has 3 rings (SSSR count). The largest absolute Gasteiger partial charge is 0.484 e. The molecule has 0 saturated carbocycles. The van der Waals surface area contributed by atoms with Gasteiger partial charge in [-0.05, 0) is 49.7 Å². The number of rotatable bonds is 10. The number of amides is 2. The lowest BCUT2D eigenvalue weighted by Gasteiger charge is -2.32. The highest BCUT2D eigenvalue weighted by Gasteiger charge is 2.31. The maximum atomic E-state index is 14.5. The van der Waals surface area contributed by atoms with Crippen LogP contribution in [-0.4, -0.2) is 35.4 Å². The van der Waals surface area contributed by atoms with E-state index in [1.165, 1.54) is 35.2 Å². The zero-order valence-corrected chi connectivity index (χ0v) is 19.2. The maximum absolute atomic E-state index is 14.5. The third-order valence-corrected chi connectivity index (χ3v) is 5.18. The number of carbonyl (C=O) groups excluding carboxylic acids is 2. The lowest BCUT2D eigenvalue weighted by molar-refractivity contribution is -0.143. The van der Waals surface area contributed by atoms with Gasteiger partial charge >= 0.3 is 0 Å². The lowest BCUT2D eigenvalue weighted by atomic mass is 10.0. The van der Waals surface area contributed by atoms with Gasteiger partial charge in [-0.25, -0.2) is 8.78 Å². The van der Waals surface area contributed by atoms with Gasteiger partial charge in [-0.15, -0.1) is 0 Å². The summed E-state index contributed by atoms with van der Waals surface area (Å²) in [5, 5.41) is 2.87. The Kier molecular flexibility index (Phi) is 8.73. The molecule has 0 bridgehead atoms. The second-order valence-electron chi connectivity index (χ2n) is 8.22. The van der Waals surface area contributed by atoms with E-state index >= 15 is 0 Å². The van der Waals surface area contributed by atoms with Crippen LogP contribution >= 0.6 is 0 Å². The second-order valence-corrected chi connectivity index (χ2v) is 8.22. The number of benzene rings is 3. The fraction of sp³-hybridized carbons (Fsp3) is 0.259. The highest BCUT2D eigenvalue weighted by molar-refractivity contribution is 5.88. The molecule has 0 heterocycles. The summed E-state index contributed by atoms with van der Waals surface area (Å²) in [6.45, 7) is 3.16. The van der Waals surface area contributed by atoms with Gasteiger partial charge < -0.3 is 15.0 Å². The van der Waals surface area contributed by atoms with E-state index in [-0.39, 0.29) is 37.1 Å². The molecule has 3 aromatic rings. The summed E-state index contributed by atoms with van der Waals surface area (Å²) in [5.74, 6) is -1.42. The van der Waals surface area contributed by atoms with Crippen LogP contribution in [-0.2, 0) is 22.6 Å². The van der Waals surface area contributed by atoms with Crippen LogP contribution in [0.3, 0.4) is 0 Å². The summed E-state index contributed by atoms with van der Waals surface area (Å²) >= 11 is 0. The molecule has 34 heavy (non-hydrogen) atoms. The Morgan fingerprint density at radius 3 is 2.21 bits per heavy atom. The molecule has 0 radical (unpaired) electrons. The smallest absolute Gasteiger partial charge is 0.261 e.